The molecule has 1 N–H and O–H groups in total. The molecular weight excluding hydrogens is 465 g/mol. The SMILES string of the molecule is C=CCN1C(=O)C(CC(=O)Nc2ccc(Cl)cc2)SC1=NS(=O)(=O)c1ccc(F)cc1. The summed E-state index contributed by atoms with van der Waals surface area (Å²) in [6, 6.07) is 10.7. The van der Waals surface area contributed by atoms with E-state index in [1.54, 1.807) is 24.3 Å². The highest BCUT2D eigenvalue weighted by molar-refractivity contribution is 8.16. The normalized spacial score (nSPS) is 17.7. The molecule has 162 valence electrons. The Kier molecular flexibility index (Phi) is 7.14. The number of nitrogens with one attached hydrogen (secondary N) is 1. The fraction of sp³-hybridized carbons (Fsp3) is 0.150. The third-order valence-electron chi connectivity index (χ3n) is 4.14. The van der Waals surface area contributed by atoms with Gasteiger partial charge >= 0.3 is 0 Å². The van der Waals surface area contributed by atoms with Crippen molar-refractivity contribution in [3.8, 4) is 0 Å². The van der Waals surface area contributed by atoms with Gasteiger partial charge in [-0.1, -0.05) is 29.4 Å². The minimum atomic E-state index is -4.18. The minimum Gasteiger partial charge on any atom is -0.326 e. The van der Waals surface area contributed by atoms with Crippen LogP contribution in [-0.4, -0.2) is 42.1 Å². The number of amidine groups is 1. The molecule has 2 amide bonds. The number of hydrogen-bond acceptors (Lipinski definition) is 5. The Morgan fingerprint density at radius 3 is 2.48 bits per heavy atom. The van der Waals surface area contributed by atoms with Crippen LogP contribution < -0.4 is 5.32 Å². The third kappa shape index (κ3) is 5.72. The number of sulfonamides is 1. The molecule has 7 nitrogen and oxygen atoms in total. The van der Waals surface area contributed by atoms with Crippen molar-refractivity contribution in [2.45, 2.75) is 16.6 Å². The Morgan fingerprint density at radius 2 is 1.87 bits per heavy atom. The molecule has 2 aromatic carbocycles. The monoisotopic (exact) mass is 481 g/mol. The van der Waals surface area contributed by atoms with Crippen LogP contribution in [0.5, 0.6) is 0 Å². The van der Waals surface area contributed by atoms with E-state index in [2.05, 4.69) is 16.3 Å². The lowest BCUT2D eigenvalue weighted by Crippen LogP contribution is -2.33. The molecule has 1 atom stereocenters. The van der Waals surface area contributed by atoms with Crippen LogP contribution in [0.4, 0.5) is 10.1 Å². The zero-order chi connectivity index (χ0) is 22.6. The number of nitrogens with zero attached hydrogens (tertiary/aromatic N) is 2. The lowest BCUT2D eigenvalue weighted by Gasteiger charge is -2.13. The minimum absolute atomic E-state index is 0.0267. The number of carbonyl (C=O) groups excluding carboxylic acids is 2. The molecule has 0 radical (unpaired) electrons. The van der Waals surface area contributed by atoms with Gasteiger partial charge in [0.15, 0.2) is 5.17 Å². The first kappa shape index (κ1) is 23.0. The highest BCUT2D eigenvalue weighted by Gasteiger charge is 2.39. The fourth-order valence-corrected chi connectivity index (χ4v) is 5.17. The maximum absolute atomic E-state index is 13.1. The van der Waals surface area contributed by atoms with Gasteiger partial charge in [-0.25, -0.2) is 4.39 Å². The van der Waals surface area contributed by atoms with Gasteiger partial charge in [0, 0.05) is 23.7 Å². The highest BCUT2D eigenvalue weighted by Crippen LogP contribution is 2.31. The van der Waals surface area contributed by atoms with Crippen molar-refractivity contribution in [2.75, 3.05) is 11.9 Å². The van der Waals surface area contributed by atoms with Crippen LogP contribution in [0.25, 0.3) is 0 Å². The van der Waals surface area contributed by atoms with Gasteiger partial charge in [-0.3, -0.25) is 14.5 Å². The summed E-state index contributed by atoms with van der Waals surface area (Å²) in [5.74, 6) is -1.46. The highest BCUT2D eigenvalue weighted by atomic mass is 35.5. The van der Waals surface area contributed by atoms with Crippen molar-refractivity contribution in [1.29, 1.82) is 0 Å². The molecule has 1 heterocycles. The lowest BCUT2D eigenvalue weighted by atomic mass is 10.2. The first-order chi connectivity index (χ1) is 14.7. The smallest absolute Gasteiger partial charge is 0.284 e. The molecule has 31 heavy (non-hydrogen) atoms. The molecule has 1 unspecified atom stereocenters. The number of amides is 2. The van der Waals surface area contributed by atoms with E-state index in [0.29, 0.717) is 10.7 Å². The second-order valence-corrected chi connectivity index (χ2v) is 9.62. The van der Waals surface area contributed by atoms with Crippen LogP contribution in [0, 0.1) is 5.82 Å². The number of rotatable bonds is 7. The number of hydrogen-bond donors (Lipinski definition) is 1. The average Bonchev–Trinajstić information content (AvgIpc) is 2.98. The van der Waals surface area contributed by atoms with Crippen molar-refractivity contribution in [3.63, 3.8) is 0 Å². The van der Waals surface area contributed by atoms with Crippen LogP contribution in [0.3, 0.4) is 0 Å². The zero-order valence-corrected chi connectivity index (χ0v) is 18.4. The Hall–Kier alpha value is -2.69. The predicted octanol–water partition coefficient (Wildman–Crippen LogP) is 3.68. The van der Waals surface area contributed by atoms with Crippen molar-refractivity contribution < 1.29 is 22.4 Å². The summed E-state index contributed by atoms with van der Waals surface area (Å²) >= 11 is 6.69. The topological polar surface area (TPSA) is 95.9 Å². The second-order valence-electron chi connectivity index (χ2n) is 6.41. The van der Waals surface area contributed by atoms with Crippen LogP contribution >= 0.6 is 23.4 Å². The number of halogens is 2. The van der Waals surface area contributed by atoms with Crippen LogP contribution in [-0.2, 0) is 19.6 Å². The van der Waals surface area contributed by atoms with Gasteiger partial charge in [-0.15, -0.1) is 11.0 Å². The number of anilines is 1. The zero-order valence-electron chi connectivity index (χ0n) is 16.0. The lowest BCUT2D eigenvalue weighted by molar-refractivity contribution is -0.127. The Morgan fingerprint density at radius 1 is 1.23 bits per heavy atom. The largest absolute Gasteiger partial charge is 0.326 e. The molecule has 1 aliphatic rings. The van der Waals surface area contributed by atoms with E-state index in [0.717, 1.165) is 40.9 Å². The molecule has 0 saturated carbocycles. The maximum Gasteiger partial charge on any atom is 0.284 e. The number of carbonyl (C=O) groups is 2. The maximum atomic E-state index is 13.1. The first-order valence-corrected chi connectivity index (χ1v) is 11.6. The van der Waals surface area contributed by atoms with Gasteiger partial charge in [0.25, 0.3) is 10.0 Å². The molecule has 0 spiro atoms. The summed E-state index contributed by atoms with van der Waals surface area (Å²) in [5.41, 5.74) is 0.514. The molecule has 0 bridgehead atoms. The first-order valence-electron chi connectivity index (χ1n) is 8.94. The van der Waals surface area contributed by atoms with E-state index in [-0.39, 0.29) is 23.0 Å². The van der Waals surface area contributed by atoms with Gasteiger partial charge in [0.2, 0.25) is 11.8 Å². The summed E-state index contributed by atoms with van der Waals surface area (Å²) in [5, 5.41) is 2.26. The van der Waals surface area contributed by atoms with Crippen LogP contribution in [0.1, 0.15) is 6.42 Å². The van der Waals surface area contributed by atoms with Crippen molar-refractivity contribution in [2.24, 2.45) is 4.40 Å². The summed E-state index contributed by atoms with van der Waals surface area (Å²) < 4.78 is 42.0. The average molecular weight is 482 g/mol. The van der Waals surface area contributed by atoms with Crippen LogP contribution in [0.2, 0.25) is 5.02 Å². The second kappa shape index (κ2) is 9.63. The van der Waals surface area contributed by atoms with Gasteiger partial charge < -0.3 is 5.32 Å². The van der Waals surface area contributed by atoms with Gasteiger partial charge in [0.1, 0.15) is 11.1 Å². The van der Waals surface area contributed by atoms with Gasteiger partial charge in [-0.2, -0.15) is 8.42 Å². The molecule has 0 aliphatic carbocycles. The van der Waals surface area contributed by atoms with Gasteiger partial charge in [-0.05, 0) is 48.5 Å². The molecule has 11 heteroatoms. The van der Waals surface area contributed by atoms with E-state index < -0.39 is 32.9 Å². The Labute approximate surface area is 188 Å². The standard InChI is InChI=1S/C20H17ClFN3O4S2/c1-2-11-25-19(27)17(12-18(26)23-15-7-3-13(21)4-8-15)30-20(25)24-31(28,29)16-9-5-14(22)6-10-16/h2-10,17H,1,11-12H2,(H,23,26). The molecule has 1 saturated heterocycles. The molecule has 2 aromatic rings. The van der Waals surface area contributed by atoms with E-state index >= 15 is 0 Å². The van der Waals surface area contributed by atoms with Crippen molar-refractivity contribution in [1.82, 2.24) is 4.90 Å². The number of thioether (sulfide) groups is 1. The van der Waals surface area contributed by atoms with E-state index in [4.69, 9.17) is 11.6 Å². The number of benzene rings is 2. The van der Waals surface area contributed by atoms with Gasteiger partial charge in [0.05, 0.1) is 4.90 Å². The van der Waals surface area contributed by atoms with E-state index in [1.165, 1.54) is 6.08 Å². The van der Waals surface area contributed by atoms with Crippen molar-refractivity contribution >= 4 is 56.1 Å². The quantitative estimate of drug-likeness (QED) is 0.608. The summed E-state index contributed by atoms with van der Waals surface area (Å²) in [4.78, 5) is 26.0. The molecule has 0 aromatic heterocycles. The van der Waals surface area contributed by atoms with E-state index in [9.17, 15) is 22.4 Å². The third-order valence-corrected chi connectivity index (χ3v) is 6.96. The van der Waals surface area contributed by atoms with Crippen molar-refractivity contribution in [3.05, 3.63) is 72.0 Å². The fourth-order valence-electron chi connectivity index (χ4n) is 2.68. The Balaban J connectivity index is 1.78. The van der Waals surface area contributed by atoms with E-state index in [1.807, 2.05) is 0 Å². The summed E-state index contributed by atoms with van der Waals surface area (Å²) in [7, 11) is -4.18. The molecule has 1 fully saturated rings. The summed E-state index contributed by atoms with van der Waals surface area (Å²) in [6.45, 7) is 3.59. The molecular formula is C20H17ClFN3O4S2. The predicted molar refractivity (Wildman–Crippen MR) is 119 cm³/mol. The van der Waals surface area contributed by atoms with Crippen LogP contribution in [0.15, 0.2) is 70.5 Å². The molecule has 1 aliphatic heterocycles. The Bertz CT molecular complexity index is 1140. The summed E-state index contributed by atoms with van der Waals surface area (Å²) in [6.07, 6.45) is 1.24. The molecule has 3 rings (SSSR count).